The van der Waals surface area contributed by atoms with Gasteiger partial charge in [0.15, 0.2) is 0 Å². The zero-order valence-corrected chi connectivity index (χ0v) is 11.8. The zero-order chi connectivity index (χ0) is 11.4. The molecule has 4 heteroatoms. The molecule has 0 aliphatic carbocycles. The normalized spacial score (nSPS) is 15.6. The van der Waals surface area contributed by atoms with E-state index in [-0.39, 0.29) is 12.1 Å². The number of thiophene rings is 1. The number of rotatable bonds is 5. The van der Waals surface area contributed by atoms with Gasteiger partial charge in [-0.15, -0.1) is 11.3 Å². The Balaban J connectivity index is 2.62. The standard InChI is InChI=1S/C11H18BrNOS/c1-7(2)11(14-3)9(13)6-10-8(12)4-5-15-10/h4-5,7,9,11H,6,13H2,1-3H3. The van der Waals surface area contributed by atoms with Crippen LogP contribution in [0.1, 0.15) is 18.7 Å². The van der Waals surface area contributed by atoms with Crippen molar-refractivity contribution in [2.24, 2.45) is 11.7 Å². The van der Waals surface area contributed by atoms with E-state index in [1.807, 2.05) is 0 Å². The van der Waals surface area contributed by atoms with Crippen molar-refractivity contribution < 1.29 is 4.74 Å². The maximum absolute atomic E-state index is 6.15. The van der Waals surface area contributed by atoms with Gasteiger partial charge in [-0.2, -0.15) is 0 Å². The van der Waals surface area contributed by atoms with E-state index in [0.29, 0.717) is 5.92 Å². The van der Waals surface area contributed by atoms with E-state index in [1.165, 1.54) is 4.88 Å². The minimum atomic E-state index is 0.0601. The Labute approximate surface area is 104 Å². The molecular weight excluding hydrogens is 274 g/mol. The Kier molecular flexibility index (Phi) is 5.26. The van der Waals surface area contributed by atoms with Crippen molar-refractivity contribution in [2.45, 2.75) is 32.4 Å². The molecule has 1 aromatic rings. The van der Waals surface area contributed by atoms with Gasteiger partial charge in [0.25, 0.3) is 0 Å². The highest BCUT2D eigenvalue weighted by Gasteiger charge is 2.22. The molecule has 2 atom stereocenters. The molecule has 0 aromatic carbocycles. The predicted molar refractivity (Wildman–Crippen MR) is 69.3 cm³/mol. The fourth-order valence-corrected chi connectivity index (χ4v) is 3.33. The SMILES string of the molecule is COC(C(C)C)C(N)Cc1sccc1Br. The topological polar surface area (TPSA) is 35.2 Å². The molecule has 1 heterocycles. The summed E-state index contributed by atoms with van der Waals surface area (Å²) in [5.41, 5.74) is 6.15. The quantitative estimate of drug-likeness (QED) is 0.905. The average Bonchev–Trinajstić information content (AvgIpc) is 2.52. The van der Waals surface area contributed by atoms with E-state index in [9.17, 15) is 0 Å². The molecule has 15 heavy (non-hydrogen) atoms. The third-order valence-electron chi connectivity index (χ3n) is 2.46. The van der Waals surface area contributed by atoms with E-state index < -0.39 is 0 Å². The van der Waals surface area contributed by atoms with E-state index >= 15 is 0 Å². The lowest BCUT2D eigenvalue weighted by atomic mass is 9.97. The monoisotopic (exact) mass is 291 g/mol. The summed E-state index contributed by atoms with van der Waals surface area (Å²) < 4.78 is 6.58. The van der Waals surface area contributed by atoms with Gasteiger partial charge in [0.1, 0.15) is 0 Å². The smallest absolute Gasteiger partial charge is 0.0748 e. The van der Waals surface area contributed by atoms with Crippen molar-refractivity contribution in [3.63, 3.8) is 0 Å². The highest BCUT2D eigenvalue weighted by Crippen LogP contribution is 2.25. The Morgan fingerprint density at radius 1 is 1.53 bits per heavy atom. The van der Waals surface area contributed by atoms with E-state index in [1.54, 1.807) is 18.4 Å². The summed E-state index contributed by atoms with van der Waals surface area (Å²) in [5.74, 6) is 0.448. The highest BCUT2D eigenvalue weighted by atomic mass is 79.9. The Morgan fingerprint density at radius 2 is 2.20 bits per heavy atom. The van der Waals surface area contributed by atoms with Gasteiger partial charge in [-0.3, -0.25) is 0 Å². The van der Waals surface area contributed by atoms with Gasteiger partial charge in [-0.05, 0) is 33.3 Å². The van der Waals surface area contributed by atoms with Crippen LogP contribution in [0.4, 0.5) is 0 Å². The van der Waals surface area contributed by atoms with Crippen LogP contribution in [0.15, 0.2) is 15.9 Å². The summed E-state index contributed by atoms with van der Waals surface area (Å²) >= 11 is 5.25. The molecule has 0 radical (unpaired) electrons. The summed E-state index contributed by atoms with van der Waals surface area (Å²) in [7, 11) is 1.73. The fraction of sp³-hybridized carbons (Fsp3) is 0.636. The van der Waals surface area contributed by atoms with Gasteiger partial charge >= 0.3 is 0 Å². The first-order chi connectivity index (χ1) is 7.06. The maximum Gasteiger partial charge on any atom is 0.0748 e. The molecule has 86 valence electrons. The zero-order valence-electron chi connectivity index (χ0n) is 9.37. The average molecular weight is 292 g/mol. The lowest BCUT2D eigenvalue weighted by molar-refractivity contribution is 0.0443. The van der Waals surface area contributed by atoms with Gasteiger partial charge in [0.2, 0.25) is 0 Å². The number of nitrogens with two attached hydrogens (primary N) is 1. The first-order valence-corrected chi connectivity index (χ1v) is 6.73. The van der Waals surface area contributed by atoms with Crippen LogP contribution in [0.2, 0.25) is 0 Å². The Morgan fingerprint density at radius 3 is 2.60 bits per heavy atom. The van der Waals surface area contributed by atoms with Crippen LogP contribution in [0.3, 0.4) is 0 Å². The lowest BCUT2D eigenvalue weighted by Crippen LogP contribution is -2.41. The molecule has 0 fully saturated rings. The van der Waals surface area contributed by atoms with Crippen LogP contribution in [-0.4, -0.2) is 19.3 Å². The third kappa shape index (κ3) is 3.55. The molecule has 0 saturated heterocycles. The Bertz CT molecular complexity index is 301. The van der Waals surface area contributed by atoms with Gasteiger partial charge in [0.05, 0.1) is 6.10 Å². The van der Waals surface area contributed by atoms with Crippen LogP contribution < -0.4 is 5.73 Å². The van der Waals surface area contributed by atoms with Gasteiger partial charge < -0.3 is 10.5 Å². The largest absolute Gasteiger partial charge is 0.380 e. The second kappa shape index (κ2) is 5.99. The summed E-state index contributed by atoms with van der Waals surface area (Å²) in [6, 6.07) is 2.12. The third-order valence-corrected chi connectivity index (χ3v) is 4.41. The van der Waals surface area contributed by atoms with Crippen molar-refractivity contribution in [1.82, 2.24) is 0 Å². The van der Waals surface area contributed by atoms with E-state index in [0.717, 1.165) is 10.9 Å². The van der Waals surface area contributed by atoms with Crippen LogP contribution in [0, 0.1) is 5.92 Å². The van der Waals surface area contributed by atoms with Crippen LogP contribution in [-0.2, 0) is 11.2 Å². The van der Waals surface area contributed by atoms with Gasteiger partial charge in [-0.1, -0.05) is 13.8 Å². The molecule has 0 aliphatic heterocycles. The molecule has 0 aliphatic rings. The molecule has 0 spiro atoms. The second-order valence-corrected chi connectivity index (χ2v) is 5.86. The minimum absolute atomic E-state index is 0.0601. The summed E-state index contributed by atoms with van der Waals surface area (Å²) in [5, 5.41) is 2.07. The number of methoxy groups -OCH3 is 1. The number of ether oxygens (including phenoxy) is 1. The maximum atomic E-state index is 6.15. The van der Waals surface area contributed by atoms with Gasteiger partial charge in [0, 0.05) is 28.9 Å². The molecule has 1 rings (SSSR count). The summed E-state index contributed by atoms with van der Waals surface area (Å²) in [4.78, 5) is 1.30. The second-order valence-electron chi connectivity index (χ2n) is 4.00. The predicted octanol–water partition coefficient (Wildman–Crippen LogP) is 3.05. The fourth-order valence-electron chi connectivity index (χ4n) is 1.74. The summed E-state index contributed by atoms with van der Waals surface area (Å²) in [6.45, 7) is 4.27. The Hall–Kier alpha value is 0.100. The highest BCUT2D eigenvalue weighted by molar-refractivity contribution is 9.10. The van der Waals surface area contributed by atoms with Crippen LogP contribution in [0.25, 0.3) is 0 Å². The molecule has 2 unspecified atom stereocenters. The van der Waals surface area contributed by atoms with Crippen molar-refractivity contribution in [2.75, 3.05) is 7.11 Å². The van der Waals surface area contributed by atoms with Crippen molar-refractivity contribution in [3.8, 4) is 0 Å². The van der Waals surface area contributed by atoms with Crippen LogP contribution >= 0.6 is 27.3 Å². The van der Waals surface area contributed by atoms with E-state index in [4.69, 9.17) is 10.5 Å². The molecule has 2 nitrogen and oxygen atoms in total. The van der Waals surface area contributed by atoms with E-state index in [2.05, 4.69) is 41.2 Å². The molecule has 1 aromatic heterocycles. The van der Waals surface area contributed by atoms with Crippen molar-refractivity contribution in [1.29, 1.82) is 0 Å². The molecule has 2 N–H and O–H groups in total. The molecular formula is C11H18BrNOS. The van der Waals surface area contributed by atoms with Crippen molar-refractivity contribution in [3.05, 3.63) is 20.8 Å². The lowest BCUT2D eigenvalue weighted by Gasteiger charge is -2.25. The minimum Gasteiger partial charge on any atom is -0.380 e. The first kappa shape index (κ1) is 13.2. The summed E-state index contributed by atoms with van der Waals surface area (Å²) in [6.07, 6.45) is 0.994. The number of hydrogen-bond donors (Lipinski definition) is 1. The molecule has 0 bridgehead atoms. The van der Waals surface area contributed by atoms with Crippen molar-refractivity contribution >= 4 is 27.3 Å². The number of halogens is 1. The van der Waals surface area contributed by atoms with Crippen LogP contribution in [0.5, 0.6) is 0 Å². The number of hydrogen-bond acceptors (Lipinski definition) is 3. The van der Waals surface area contributed by atoms with Gasteiger partial charge in [-0.25, -0.2) is 0 Å². The molecule has 0 saturated carbocycles. The first-order valence-electron chi connectivity index (χ1n) is 5.06. The molecule has 0 amide bonds.